The Morgan fingerprint density at radius 1 is 0.957 bits per heavy atom. The molecule has 0 fully saturated rings. The molecule has 1 aliphatic heterocycles. The summed E-state index contributed by atoms with van der Waals surface area (Å²) in [6.07, 6.45) is 1.72. The molecule has 5 heteroatoms. The van der Waals surface area contributed by atoms with E-state index >= 15 is 0 Å². The molecule has 0 radical (unpaired) electrons. The van der Waals surface area contributed by atoms with Gasteiger partial charge in [-0.2, -0.15) is 0 Å². The Hall–Kier alpha value is -2.95. The number of carbonyl (C=O) groups is 1. The topological polar surface area (TPSA) is 51.0 Å². The molecule has 0 aliphatic carbocycles. The Morgan fingerprint density at radius 3 is 2.61 bits per heavy atom. The van der Waals surface area contributed by atoms with Crippen LogP contribution in [0.1, 0.15) is 16.2 Å². The summed E-state index contributed by atoms with van der Waals surface area (Å²) in [6, 6.07) is 17.8. The molecule has 0 saturated heterocycles. The van der Waals surface area contributed by atoms with Crippen molar-refractivity contribution in [2.24, 2.45) is 0 Å². The number of nitrogens with zero attached hydrogens (tertiary/aromatic N) is 4. The first-order valence-corrected chi connectivity index (χ1v) is 7.63. The van der Waals surface area contributed by atoms with E-state index in [0.29, 0.717) is 13.1 Å². The molecule has 3 aromatic rings. The average Bonchev–Trinajstić information content (AvgIpc) is 3.09. The lowest BCUT2D eigenvalue weighted by Gasteiger charge is -2.27. The maximum absolute atomic E-state index is 13.0. The molecule has 1 aliphatic rings. The molecule has 0 atom stereocenters. The first-order chi connectivity index (χ1) is 11.3. The first-order valence-electron chi connectivity index (χ1n) is 7.63. The van der Waals surface area contributed by atoms with Gasteiger partial charge in [0.2, 0.25) is 0 Å². The number of aromatic nitrogens is 3. The lowest BCUT2D eigenvalue weighted by Crippen LogP contribution is -2.38. The van der Waals surface area contributed by atoms with Gasteiger partial charge in [0.05, 0.1) is 6.54 Å². The minimum atomic E-state index is 0.0405. The summed E-state index contributed by atoms with van der Waals surface area (Å²) < 4.78 is 1.99. The molecule has 23 heavy (non-hydrogen) atoms. The van der Waals surface area contributed by atoms with E-state index in [2.05, 4.69) is 10.2 Å². The zero-order valence-electron chi connectivity index (χ0n) is 12.6. The molecule has 5 nitrogen and oxygen atoms in total. The van der Waals surface area contributed by atoms with Crippen LogP contribution in [-0.4, -0.2) is 32.1 Å². The van der Waals surface area contributed by atoms with E-state index in [1.807, 2.05) is 64.1 Å². The number of hydrogen-bond acceptors (Lipinski definition) is 3. The summed E-state index contributed by atoms with van der Waals surface area (Å²) in [5.41, 5.74) is 2.74. The van der Waals surface area contributed by atoms with Crippen molar-refractivity contribution in [1.82, 2.24) is 19.7 Å². The Morgan fingerprint density at radius 2 is 1.74 bits per heavy atom. The van der Waals surface area contributed by atoms with Crippen LogP contribution in [0.15, 0.2) is 60.9 Å². The summed E-state index contributed by atoms with van der Waals surface area (Å²) in [7, 11) is 0. The summed E-state index contributed by atoms with van der Waals surface area (Å²) in [6.45, 7) is 1.91. The number of amides is 1. The first kappa shape index (κ1) is 13.7. The van der Waals surface area contributed by atoms with E-state index in [9.17, 15) is 4.79 Å². The maximum atomic E-state index is 13.0. The molecule has 4 rings (SSSR count). The summed E-state index contributed by atoms with van der Waals surface area (Å²) in [5, 5.41) is 7.99. The Bertz CT molecular complexity index is 841. The summed E-state index contributed by atoms with van der Waals surface area (Å²) in [5.74, 6) is 0.875. The SMILES string of the molecule is O=C(c1ccccc1-c1ccccc1)N1CCn2cnnc2C1. The fraction of sp³-hybridized carbons (Fsp3) is 0.167. The van der Waals surface area contributed by atoms with Crippen molar-refractivity contribution in [2.45, 2.75) is 13.1 Å². The molecule has 1 amide bonds. The fourth-order valence-electron chi connectivity index (χ4n) is 2.95. The van der Waals surface area contributed by atoms with Crippen molar-refractivity contribution in [3.8, 4) is 11.1 Å². The van der Waals surface area contributed by atoms with Gasteiger partial charge in [-0.3, -0.25) is 4.79 Å². The van der Waals surface area contributed by atoms with Gasteiger partial charge in [0, 0.05) is 18.7 Å². The fourth-order valence-corrected chi connectivity index (χ4v) is 2.95. The highest BCUT2D eigenvalue weighted by molar-refractivity contribution is 6.00. The number of rotatable bonds is 2. The number of carbonyl (C=O) groups excluding carboxylic acids is 1. The molecule has 0 saturated carbocycles. The standard InChI is InChI=1S/C18H16N4O/c23-18(21-10-11-22-13-19-20-17(22)12-21)16-9-5-4-8-15(16)14-6-2-1-3-7-14/h1-9,13H,10-12H2. The predicted molar refractivity (Wildman–Crippen MR) is 86.6 cm³/mol. The molecule has 1 aromatic heterocycles. The van der Waals surface area contributed by atoms with Gasteiger partial charge in [-0.1, -0.05) is 48.5 Å². The van der Waals surface area contributed by atoms with Crippen LogP contribution in [0, 0.1) is 0 Å². The largest absolute Gasteiger partial charge is 0.329 e. The molecule has 0 spiro atoms. The lowest BCUT2D eigenvalue weighted by atomic mass is 9.99. The molecule has 0 bridgehead atoms. The molecular formula is C18H16N4O. The van der Waals surface area contributed by atoms with Crippen LogP contribution in [0.4, 0.5) is 0 Å². The Kier molecular flexibility index (Phi) is 3.38. The zero-order chi connectivity index (χ0) is 15.6. The second kappa shape index (κ2) is 5.68. The van der Waals surface area contributed by atoms with Gasteiger partial charge >= 0.3 is 0 Å². The van der Waals surface area contributed by atoms with Crippen LogP contribution in [0.2, 0.25) is 0 Å². The van der Waals surface area contributed by atoms with Gasteiger partial charge in [0.1, 0.15) is 6.33 Å². The number of hydrogen-bond donors (Lipinski definition) is 0. The quantitative estimate of drug-likeness (QED) is 0.731. The van der Waals surface area contributed by atoms with Crippen LogP contribution in [0.5, 0.6) is 0 Å². The predicted octanol–water partition coefficient (Wildman–Crippen LogP) is 2.60. The molecular weight excluding hydrogens is 288 g/mol. The number of fused-ring (bicyclic) bond motifs is 1. The van der Waals surface area contributed by atoms with Crippen molar-refractivity contribution in [1.29, 1.82) is 0 Å². The maximum Gasteiger partial charge on any atom is 0.254 e. The van der Waals surface area contributed by atoms with E-state index in [4.69, 9.17) is 0 Å². The van der Waals surface area contributed by atoms with Crippen LogP contribution in [-0.2, 0) is 13.1 Å². The zero-order valence-corrected chi connectivity index (χ0v) is 12.6. The van der Waals surface area contributed by atoms with Crippen LogP contribution in [0.3, 0.4) is 0 Å². The van der Waals surface area contributed by atoms with E-state index in [1.54, 1.807) is 6.33 Å². The van der Waals surface area contributed by atoms with Crippen LogP contribution in [0.25, 0.3) is 11.1 Å². The Balaban J connectivity index is 1.68. The van der Waals surface area contributed by atoms with E-state index in [0.717, 1.165) is 29.1 Å². The minimum Gasteiger partial charge on any atom is -0.329 e. The van der Waals surface area contributed by atoms with Gasteiger partial charge in [-0.25, -0.2) is 0 Å². The number of benzene rings is 2. The summed E-state index contributed by atoms with van der Waals surface area (Å²) >= 11 is 0. The molecule has 0 N–H and O–H groups in total. The van der Waals surface area contributed by atoms with Crippen LogP contribution < -0.4 is 0 Å². The highest BCUT2D eigenvalue weighted by Crippen LogP contribution is 2.25. The molecule has 0 unspecified atom stereocenters. The van der Waals surface area contributed by atoms with Gasteiger partial charge < -0.3 is 9.47 Å². The third-order valence-corrected chi connectivity index (χ3v) is 4.17. The van der Waals surface area contributed by atoms with E-state index in [1.165, 1.54) is 0 Å². The van der Waals surface area contributed by atoms with Crippen molar-refractivity contribution in [3.63, 3.8) is 0 Å². The average molecular weight is 304 g/mol. The second-order valence-corrected chi connectivity index (χ2v) is 5.58. The van der Waals surface area contributed by atoms with Gasteiger partial charge in [-0.15, -0.1) is 10.2 Å². The van der Waals surface area contributed by atoms with Crippen molar-refractivity contribution in [3.05, 3.63) is 72.3 Å². The normalized spacial score (nSPS) is 13.7. The summed E-state index contributed by atoms with van der Waals surface area (Å²) in [4.78, 5) is 14.8. The van der Waals surface area contributed by atoms with Crippen molar-refractivity contribution in [2.75, 3.05) is 6.54 Å². The second-order valence-electron chi connectivity index (χ2n) is 5.58. The smallest absolute Gasteiger partial charge is 0.254 e. The molecule has 114 valence electrons. The molecule has 2 heterocycles. The van der Waals surface area contributed by atoms with E-state index < -0.39 is 0 Å². The monoisotopic (exact) mass is 304 g/mol. The third kappa shape index (κ3) is 2.50. The van der Waals surface area contributed by atoms with Gasteiger partial charge in [0.15, 0.2) is 5.82 Å². The minimum absolute atomic E-state index is 0.0405. The van der Waals surface area contributed by atoms with Crippen molar-refractivity contribution < 1.29 is 4.79 Å². The van der Waals surface area contributed by atoms with Crippen molar-refractivity contribution >= 4 is 5.91 Å². The van der Waals surface area contributed by atoms with E-state index in [-0.39, 0.29) is 5.91 Å². The molecule has 2 aromatic carbocycles. The highest BCUT2D eigenvalue weighted by Gasteiger charge is 2.24. The van der Waals surface area contributed by atoms with Crippen LogP contribution >= 0.6 is 0 Å². The Labute approximate surface area is 134 Å². The van der Waals surface area contributed by atoms with Gasteiger partial charge in [0.25, 0.3) is 5.91 Å². The highest BCUT2D eigenvalue weighted by atomic mass is 16.2. The lowest BCUT2D eigenvalue weighted by molar-refractivity contribution is 0.0708. The van der Waals surface area contributed by atoms with Gasteiger partial charge in [-0.05, 0) is 17.2 Å². The third-order valence-electron chi connectivity index (χ3n) is 4.17.